The first-order valence-electron chi connectivity index (χ1n) is 9.36. The maximum atomic E-state index is 12.8. The number of halogens is 1. The molecule has 0 saturated heterocycles. The van der Waals surface area contributed by atoms with Crippen LogP contribution in [-0.4, -0.2) is 31.3 Å². The fourth-order valence-electron chi connectivity index (χ4n) is 2.86. The van der Waals surface area contributed by atoms with Gasteiger partial charge in [-0.05, 0) is 49.4 Å². The number of rotatable bonds is 8. The zero-order valence-electron chi connectivity index (χ0n) is 17.4. The number of ether oxygens (including phenoxy) is 1. The standard InChI is InChI=1S/C21H19ClN4O6S/c1-13(16-11-14(22)7-10-20(16)27)23-24-17-9-8-15(12-19(17)26(28)29)33(30,31)25-18-5-3-4-6-21(18)32-2/h3-12,24-25,27H,1-2H3/b23-13+. The minimum absolute atomic E-state index is 0.0443. The van der Waals surface area contributed by atoms with Crippen LogP contribution in [0.2, 0.25) is 5.02 Å². The van der Waals surface area contributed by atoms with Crippen molar-refractivity contribution in [3.05, 3.63) is 81.4 Å². The summed E-state index contributed by atoms with van der Waals surface area (Å²) < 4.78 is 33.1. The number of nitrogens with zero attached hydrogens (tertiary/aromatic N) is 2. The molecule has 0 radical (unpaired) electrons. The predicted molar refractivity (Wildman–Crippen MR) is 126 cm³/mol. The highest BCUT2D eigenvalue weighted by Gasteiger charge is 2.22. The maximum absolute atomic E-state index is 12.8. The number of aromatic hydroxyl groups is 1. The fraction of sp³-hybridized carbons (Fsp3) is 0.0952. The highest BCUT2D eigenvalue weighted by Crippen LogP contribution is 2.31. The van der Waals surface area contributed by atoms with Crippen molar-refractivity contribution in [3.63, 3.8) is 0 Å². The Morgan fingerprint density at radius 1 is 1.12 bits per heavy atom. The Bertz CT molecular complexity index is 1340. The molecule has 0 aliphatic carbocycles. The van der Waals surface area contributed by atoms with E-state index < -0.39 is 20.6 Å². The van der Waals surface area contributed by atoms with Gasteiger partial charge >= 0.3 is 0 Å². The van der Waals surface area contributed by atoms with E-state index in [1.54, 1.807) is 25.1 Å². The molecule has 0 bridgehead atoms. The van der Waals surface area contributed by atoms with Crippen LogP contribution in [0.4, 0.5) is 17.1 Å². The van der Waals surface area contributed by atoms with Crippen LogP contribution in [0.1, 0.15) is 12.5 Å². The van der Waals surface area contributed by atoms with E-state index in [0.29, 0.717) is 22.0 Å². The fourth-order valence-corrected chi connectivity index (χ4v) is 4.12. The first-order chi connectivity index (χ1) is 15.6. The quantitative estimate of drug-likeness (QED) is 0.238. The number of nitrogens with one attached hydrogen (secondary N) is 2. The van der Waals surface area contributed by atoms with Gasteiger partial charge in [-0.25, -0.2) is 8.42 Å². The molecule has 12 heteroatoms. The van der Waals surface area contributed by atoms with Crippen LogP contribution in [0.5, 0.6) is 11.5 Å². The van der Waals surface area contributed by atoms with Gasteiger partial charge in [0.25, 0.3) is 15.7 Å². The Kier molecular flexibility index (Phi) is 7.04. The summed E-state index contributed by atoms with van der Waals surface area (Å²) in [5.41, 5.74) is 2.81. The summed E-state index contributed by atoms with van der Waals surface area (Å²) in [6, 6.07) is 14.1. The lowest BCUT2D eigenvalue weighted by atomic mass is 10.1. The first kappa shape index (κ1) is 23.8. The number of nitro benzene ring substituents is 1. The van der Waals surface area contributed by atoms with E-state index in [1.165, 1.54) is 43.5 Å². The van der Waals surface area contributed by atoms with Crippen LogP contribution < -0.4 is 14.9 Å². The van der Waals surface area contributed by atoms with Crippen LogP contribution in [0.25, 0.3) is 0 Å². The van der Waals surface area contributed by atoms with Crippen molar-refractivity contribution >= 4 is 44.4 Å². The zero-order chi connectivity index (χ0) is 24.2. The lowest BCUT2D eigenvalue weighted by Gasteiger charge is -2.12. The topological polar surface area (TPSA) is 143 Å². The largest absolute Gasteiger partial charge is 0.507 e. The molecule has 0 fully saturated rings. The second-order valence-electron chi connectivity index (χ2n) is 6.71. The van der Waals surface area contributed by atoms with Crippen LogP contribution in [0.15, 0.2) is 70.7 Å². The van der Waals surface area contributed by atoms with Gasteiger partial charge in [0, 0.05) is 16.7 Å². The molecule has 172 valence electrons. The summed E-state index contributed by atoms with van der Waals surface area (Å²) >= 11 is 5.94. The molecular formula is C21H19ClN4O6S. The SMILES string of the molecule is COc1ccccc1NS(=O)(=O)c1ccc(N/N=C(\C)c2cc(Cl)ccc2O)c([N+](=O)[O-])c1. The Hall–Kier alpha value is -3.83. The molecule has 0 atom stereocenters. The van der Waals surface area contributed by atoms with Gasteiger partial charge < -0.3 is 9.84 Å². The van der Waals surface area contributed by atoms with Crippen LogP contribution in [0.3, 0.4) is 0 Å². The van der Waals surface area contributed by atoms with Gasteiger partial charge in [0.1, 0.15) is 17.2 Å². The summed E-state index contributed by atoms with van der Waals surface area (Å²) in [7, 11) is -2.76. The van der Waals surface area contributed by atoms with Crippen molar-refractivity contribution in [3.8, 4) is 11.5 Å². The van der Waals surface area contributed by atoms with E-state index >= 15 is 0 Å². The minimum Gasteiger partial charge on any atom is -0.507 e. The molecule has 33 heavy (non-hydrogen) atoms. The molecule has 0 unspecified atom stereocenters. The van der Waals surface area contributed by atoms with Crippen molar-refractivity contribution in [2.45, 2.75) is 11.8 Å². The van der Waals surface area contributed by atoms with Gasteiger partial charge in [-0.2, -0.15) is 5.10 Å². The number of nitro groups is 1. The van der Waals surface area contributed by atoms with Crippen LogP contribution >= 0.6 is 11.6 Å². The van der Waals surface area contributed by atoms with Gasteiger partial charge in [-0.1, -0.05) is 23.7 Å². The maximum Gasteiger partial charge on any atom is 0.295 e. The third-order valence-corrected chi connectivity index (χ3v) is 6.12. The van der Waals surface area contributed by atoms with Crippen molar-refractivity contribution < 1.29 is 23.2 Å². The highest BCUT2D eigenvalue weighted by molar-refractivity contribution is 7.92. The van der Waals surface area contributed by atoms with Crippen molar-refractivity contribution in [2.24, 2.45) is 5.10 Å². The summed E-state index contributed by atoms with van der Waals surface area (Å²) in [5, 5.41) is 26.0. The summed E-state index contributed by atoms with van der Waals surface area (Å²) in [6.45, 7) is 1.57. The van der Waals surface area contributed by atoms with Gasteiger partial charge in [0.2, 0.25) is 0 Å². The van der Waals surface area contributed by atoms with E-state index in [0.717, 1.165) is 6.07 Å². The number of hydrazone groups is 1. The second kappa shape index (κ2) is 9.76. The molecule has 0 spiro atoms. The van der Waals surface area contributed by atoms with E-state index in [1.807, 2.05) is 0 Å². The number of hydrogen-bond donors (Lipinski definition) is 3. The summed E-state index contributed by atoms with van der Waals surface area (Å²) in [5.74, 6) is 0.226. The molecule has 0 saturated carbocycles. The molecule has 0 aliphatic rings. The average Bonchev–Trinajstić information content (AvgIpc) is 2.79. The number of anilines is 2. The third kappa shape index (κ3) is 5.51. The van der Waals surface area contributed by atoms with E-state index in [-0.39, 0.29) is 22.0 Å². The molecule has 0 aliphatic heterocycles. The molecule has 3 aromatic rings. The Morgan fingerprint density at radius 3 is 2.55 bits per heavy atom. The minimum atomic E-state index is -4.15. The zero-order valence-corrected chi connectivity index (χ0v) is 19.0. The number of phenols is 1. The molecular weight excluding hydrogens is 472 g/mol. The number of para-hydroxylation sites is 2. The normalized spacial score (nSPS) is 11.7. The van der Waals surface area contributed by atoms with E-state index in [9.17, 15) is 23.6 Å². The number of hydrogen-bond acceptors (Lipinski definition) is 8. The van der Waals surface area contributed by atoms with Gasteiger partial charge in [0.15, 0.2) is 0 Å². The van der Waals surface area contributed by atoms with Gasteiger partial charge in [0.05, 0.1) is 28.3 Å². The Labute approximate surface area is 194 Å². The molecule has 0 heterocycles. The van der Waals surface area contributed by atoms with Crippen LogP contribution in [-0.2, 0) is 10.0 Å². The smallest absolute Gasteiger partial charge is 0.295 e. The Balaban J connectivity index is 1.92. The van der Waals surface area contributed by atoms with Crippen molar-refractivity contribution in [2.75, 3.05) is 17.3 Å². The number of sulfonamides is 1. The summed E-state index contributed by atoms with van der Waals surface area (Å²) in [4.78, 5) is 10.5. The molecule has 3 N–H and O–H groups in total. The van der Waals surface area contributed by atoms with Crippen LogP contribution in [0, 0.1) is 10.1 Å². The predicted octanol–water partition coefficient (Wildman–Crippen LogP) is 4.60. The second-order valence-corrected chi connectivity index (χ2v) is 8.83. The van der Waals surface area contributed by atoms with E-state index in [2.05, 4.69) is 15.2 Å². The van der Waals surface area contributed by atoms with Crippen molar-refractivity contribution in [1.82, 2.24) is 0 Å². The Morgan fingerprint density at radius 2 is 1.85 bits per heavy atom. The lowest BCUT2D eigenvalue weighted by molar-refractivity contribution is -0.384. The number of phenolic OH excluding ortho intramolecular Hbond substituents is 1. The van der Waals surface area contributed by atoms with Crippen molar-refractivity contribution in [1.29, 1.82) is 0 Å². The highest BCUT2D eigenvalue weighted by atomic mass is 35.5. The van der Waals surface area contributed by atoms with E-state index in [4.69, 9.17) is 16.3 Å². The molecule has 3 aromatic carbocycles. The molecule has 3 rings (SSSR count). The average molecular weight is 491 g/mol. The number of methoxy groups -OCH3 is 1. The first-order valence-corrected chi connectivity index (χ1v) is 11.2. The number of benzene rings is 3. The lowest BCUT2D eigenvalue weighted by Crippen LogP contribution is -2.14. The molecule has 0 amide bonds. The summed E-state index contributed by atoms with van der Waals surface area (Å²) in [6.07, 6.45) is 0. The monoisotopic (exact) mass is 490 g/mol. The van der Waals surface area contributed by atoms with Gasteiger partial charge in [-0.15, -0.1) is 0 Å². The third-order valence-electron chi connectivity index (χ3n) is 4.52. The molecule has 0 aromatic heterocycles. The molecule has 10 nitrogen and oxygen atoms in total. The van der Waals surface area contributed by atoms with Gasteiger partial charge in [-0.3, -0.25) is 20.3 Å².